The summed E-state index contributed by atoms with van der Waals surface area (Å²) in [6.07, 6.45) is 1.19. The third kappa shape index (κ3) is 3.07. The number of aliphatic hydroxyl groups is 2. The van der Waals surface area contributed by atoms with Crippen LogP contribution in [0.2, 0.25) is 0 Å². The van der Waals surface area contributed by atoms with Gasteiger partial charge in [0.25, 0.3) is 0 Å². The average Bonchev–Trinajstić information content (AvgIpc) is 2.41. The number of aliphatic hydroxyl groups excluding tert-OH is 2. The summed E-state index contributed by atoms with van der Waals surface area (Å²) in [5.74, 6) is 0.0951. The van der Waals surface area contributed by atoms with Gasteiger partial charge >= 0.3 is 0 Å². The predicted octanol–water partition coefficient (Wildman–Crippen LogP) is 2.40. The summed E-state index contributed by atoms with van der Waals surface area (Å²) in [6.45, 7) is 5.32. The Morgan fingerprint density at radius 2 is 2.00 bits per heavy atom. The highest BCUT2D eigenvalue weighted by molar-refractivity contribution is 5.57. The van der Waals surface area contributed by atoms with Gasteiger partial charge in [-0.15, -0.1) is 0 Å². The molecule has 1 saturated heterocycles. The smallest absolute Gasteiger partial charge is 0.126 e. The molecule has 106 valence electrons. The Labute approximate surface area is 113 Å². The largest absolute Gasteiger partial charge is 0.396 e. The minimum atomic E-state index is -0.680. The number of hydrogen-bond acceptors (Lipinski definition) is 3. The molecule has 0 aromatic heterocycles. The van der Waals surface area contributed by atoms with Crippen molar-refractivity contribution in [1.82, 2.24) is 0 Å². The van der Waals surface area contributed by atoms with Crippen molar-refractivity contribution in [2.45, 2.75) is 32.8 Å². The van der Waals surface area contributed by atoms with Crippen LogP contribution in [0.4, 0.5) is 10.1 Å². The monoisotopic (exact) mass is 267 g/mol. The molecule has 0 unspecified atom stereocenters. The predicted molar refractivity (Wildman–Crippen MR) is 73.8 cm³/mol. The number of hydrogen-bond donors (Lipinski definition) is 2. The Bertz CT molecular complexity index is 440. The summed E-state index contributed by atoms with van der Waals surface area (Å²) in [7, 11) is 0. The Kier molecular flexibility index (Phi) is 4.42. The van der Waals surface area contributed by atoms with Gasteiger partial charge in [0, 0.05) is 30.9 Å². The van der Waals surface area contributed by atoms with Gasteiger partial charge in [-0.3, -0.25) is 0 Å². The highest BCUT2D eigenvalue weighted by Crippen LogP contribution is 2.32. The number of rotatable bonds is 3. The molecule has 0 spiro atoms. The molecule has 19 heavy (non-hydrogen) atoms. The van der Waals surface area contributed by atoms with E-state index in [1.54, 1.807) is 13.8 Å². The lowest BCUT2D eigenvalue weighted by Gasteiger charge is -2.34. The van der Waals surface area contributed by atoms with Gasteiger partial charge in [0.1, 0.15) is 5.82 Å². The first-order valence-electron chi connectivity index (χ1n) is 6.86. The zero-order valence-electron chi connectivity index (χ0n) is 11.6. The van der Waals surface area contributed by atoms with Crippen molar-refractivity contribution in [1.29, 1.82) is 0 Å². The van der Waals surface area contributed by atoms with E-state index in [4.69, 9.17) is 5.11 Å². The van der Waals surface area contributed by atoms with Crippen molar-refractivity contribution in [3.63, 3.8) is 0 Å². The zero-order chi connectivity index (χ0) is 14.0. The lowest BCUT2D eigenvalue weighted by atomic mass is 9.95. The average molecular weight is 267 g/mol. The number of anilines is 1. The minimum absolute atomic E-state index is 0.236. The molecule has 3 nitrogen and oxygen atoms in total. The lowest BCUT2D eigenvalue weighted by Crippen LogP contribution is -2.35. The van der Waals surface area contributed by atoms with Crippen molar-refractivity contribution in [3.8, 4) is 0 Å². The van der Waals surface area contributed by atoms with E-state index in [0.717, 1.165) is 31.6 Å². The third-order valence-electron chi connectivity index (χ3n) is 3.97. The summed E-state index contributed by atoms with van der Waals surface area (Å²) >= 11 is 0. The Hall–Kier alpha value is -1.13. The highest BCUT2D eigenvalue weighted by atomic mass is 19.1. The molecule has 0 bridgehead atoms. The maximum absolute atomic E-state index is 13.6. The van der Waals surface area contributed by atoms with Gasteiger partial charge in [-0.25, -0.2) is 4.39 Å². The van der Waals surface area contributed by atoms with Crippen LogP contribution in [0, 0.1) is 18.7 Å². The van der Waals surface area contributed by atoms with Gasteiger partial charge in [0.2, 0.25) is 0 Å². The number of nitrogens with zero attached hydrogens (tertiary/aromatic N) is 1. The third-order valence-corrected chi connectivity index (χ3v) is 3.97. The molecule has 1 aromatic rings. The number of aryl methyl sites for hydroxylation is 1. The highest BCUT2D eigenvalue weighted by Gasteiger charge is 2.22. The molecule has 1 aliphatic heterocycles. The molecule has 1 atom stereocenters. The summed E-state index contributed by atoms with van der Waals surface area (Å²) < 4.78 is 13.6. The summed E-state index contributed by atoms with van der Waals surface area (Å²) in [5, 5.41) is 19.0. The fourth-order valence-electron chi connectivity index (χ4n) is 2.65. The van der Waals surface area contributed by atoms with Gasteiger partial charge in [-0.1, -0.05) is 0 Å². The van der Waals surface area contributed by atoms with Crippen molar-refractivity contribution >= 4 is 5.69 Å². The van der Waals surface area contributed by atoms with Gasteiger partial charge < -0.3 is 15.1 Å². The van der Waals surface area contributed by atoms with Crippen molar-refractivity contribution in [2.24, 2.45) is 5.92 Å². The maximum atomic E-state index is 13.6. The SMILES string of the molecule is Cc1cc(N2CCC(CO)CC2)c([C@H](C)O)cc1F. The fourth-order valence-corrected chi connectivity index (χ4v) is 2.65. The Balaban J connectivity index is 2.26. The zero-order valence-corrected chi connectivity index (χ0v) is 11.6. The second kappa shape index (κ2) is 5.88. The topological polar surface area (TPSA) is 43.7 Å². The Morgan fingerprint density at radius 3 is 2.53 bits per heavy atom. The number of halogens is 1. The van der Waals surface area contributed by atoms with Crippen LogP contribution >= 0.6 is 0 Å². The molecular formula is C15H22FNO2. The van der Waals surface area contributed by atoms with Gasteiger partial charge in [0.15, 0.2) is 0 Å². The molecule has 1 aromatic carbocycles. The molecule has 0 aliphatic carbocycles. The van der Waals surface area contributed by atoms with E-state index in [0.29, 0.717) is 17.0 Å². The van der Waals surface area contributed by atoms with Crippen LogP contribution in [0.3, 0.4) is 0 Å². The van der Waals surface area contributed by atoms with Crippen LogP contribution in [0.1, 0.15) is 37.0 Å². The van der Waals surface area contributed by atoms with Crippen LogP contribution in [0.25, 0.3) is 0 Å². The molecule has 2 rings (SSSR count). The van der Waals surface area contributed by atoms with E-state index in [1.807, 2.05) is 6.07 Å². The maximum Gasteiger partial charge on any atom is 0.126 e. The fraction of sp³-hybridized carbons (Fsp3) is 0.600. The Morgan fingerprint density at radius 1 is 1.37 bits per heavy atom. The molecule has 0 saturated carbocycles. The summed E-state index contributed by atoms with van der Waals surface area (Å²) in [4.78, 5) is 2.18. The van der Waals surface area contributed by atoms with Gasteiger partial charge in [0.05, 0.1) is 6.10 Å². The van der Waals surface area contributed by atoms with E-state index in [2.05, 4.69) is 4.90 Å². The quantitative estimate of drug-likeness (QED) is 0.884. The molecule has 1 aliphatic rings. The first-order valence-corrected chi connectivity index (χ1v) is 6.86. The summed E-state index contributed by atoms with van der Waals surface area (Å²) in [5.41, 5.74) is 2.17. The molecule has 0 radical (unpaired) electrons. The van der Waals surface area contributed by atoms with Crippen molar-refractivity contribution in [3.05, 3.63) is 29.1 Å². The van der Waals surface area contributed by atoms with E-state index in [9.17, 15) is 9.50 Å². The van der Waals surface area contributed by atoms with E-state index in [1.165, 1.54) is 6.07 Å². The molecule has 1 heterocycles. The molecule has 1 fully saturated rings. The van der Waals surface area contributed by atoms with Crippen LogP contribution in [-0.2, 0) is 0 Å². The van der Waals surface area contributed by atoms with Gasteiger partial charge in [-0.2, -0.15) is 0 Å². The van der Waals surface area contributed by atoms with Crippen LogP contribution in [-0.4, -0.2) is 29.9 Å². The van der Waals surface area contributed by atoms with Crippen LogP contribution < -0.4 is 4.90 Å². The first-order chi connectivity index (χ1) is 9.02. The molecular weight excluding hydrogens is 245 g/mol. The second-order valence-electron chi connectivity index (χ2n) is 5.45. The number of benzene rings is 1. The molecule has 2 N–H and O–H groups in total. The first kappa shape index (κ1) is 14.3. The van der Waals surface area contributed by atoms with E-state index >= 15 is 0 Å². The van der Waals surface area contributed by atoms with Crippen LogP contribution in [0.15, 0.2) is 12.1 Å². The lowest BCUT2D eigenvalue weighted by molar-refractivity contribution is 0.195. The van der Waals surface area contributed by atoms with Crippen LogP contribution in [0.5, 0.6) is 0 Å². The second-order valence-corrected chi connectivity index (χ2v) is 5.45. The van der Waals surface area contributed by atoms with E-state index < -0.39 is 6.10 Å². The number of piperidine rings is 1. The van der Waals surface area contributed by atoms with Gasteiger partial charge in [-0.05, 0) is 50.3 Å². The van der Waals surface area contributed by atoms with Crippen molar-refractivity contribution < 1.29 is 14.6 Å². The summed E-state index contributed by atoms with van der Waals surface area (Å²) in [6, 6.07) is 3.25. The van der Waals surface area contributed by atoms with Crippen molar-refractivity contribution in [2.75, 3.05) is 24.6 Å². The van der Waals surface area contributed by atoms with E-state index in [-0.39, 0.29) is 12.4 Å². The standard InChI is InChI=1S/C15H22FNO2/c1-10-7-15(13(11(2)19)8-14(10)16)17-5-3-12(9-18)4-6-17/h7-8,11-12,18-19H,3-6,9H2,1-2H3/t11-/m0/s1. The minimum Gasteiger partial charge on any atom is -0.396 e. The molecule has 0 amide bonds. The normalized spacial score (nSPS) is 18.7. The molecule has 4 heteroatoms.